The van der Waals surface area contributed by atoms with Gasteiger partial charge in [-0.25, -0.2) is 4.79 Å². The molecule has 1 aliphatic carbocycles. The molecular weight excluding hydrogens is 326 g/mol. The molecule has 4 nitrogen and oxygen atoms in total. The summed E-state index contributed by atoms with van der Waals surface area (Å²) in [5, 5.41) is 2.44. The average Bonchev–Trinajstić information content (AvgIpc) is 3.10. The first-order valence-electron chi connectivity index (χ1n) is 9.96. The molecule has 1 aromatic heterocycles. The van der Waals surface area contributed by atoms with Crippen molar-refractivity contribution in [3.63, 3.8) is 0 Å². The Morgan fingerprint density at radius 3 is 2.42 bits per heavy atom. The second kappa shape index (κ2) is 9.58. The summed E-state index contributed by atoms with van der Waals surface area (Å²) < 4.78 is 11.0. The van der Waals surface area contributed by atoms with Crippen molar-refractivity contribution in [2.45, 2.75) is 64.5 Å². The van der Waals surface area contributed by atoms with Crippen molar-refractivity contribution < 1.29 is 19.3 Å². The summed E-state index contributed by atoms with van der Waals surface area (Å²) in [6, 6.07) is 12.2. The van der Waals surface area contributed by atoms with Crippen molar-refractivity contribution in [2.24, 2.45) is 0 Å². The summed E-state index contributed by atoms with van der Waals surface area (Å²) in [7, 11) is 0. The Hall–Kier alpha value is -2.07. The number of carbonyl (C=O) groups is 1. The van der Waals surface area contributed by atoms with Crippen molar-refractivity contribution in [1.29, 1.82) is 0 Å². The maximum atomic E-state index is 11.7. The third-order valence-electron chi connectivity index (χ3n) is 5.14. The first-order chi connectivity index (χ1) is 12.8. The summed E-state index contributed by atoms with van der Waals surface area (Å²) in [5.41, 5.74) is 1.55. The number of ether oxygens (including phenoxy) is 1. The minimum Gasteiger partial charge on any atom is -0.462 e. The molecule has 0 bridgehead atoms. The molecular formula is C22H30NO3+. The minimum atomic E-state index is -0.284. The summed E-state index contributed by atoms with van der Waals surface area (Å²) in [4.78, 5) is 11.7. The first-order valence-corrected chi connectivity index (χ1v) is 9.96. The molecule has 0 aliphatic heterocycles. The maximum absolute atomic E-state index is 11.7. The van der Waals surface area contributed by atoms with Crippen LogP contribution in [0.25, 0.3) is 11.3 Å². The molecule has 2 N–H and O–H groups in total. The fourth-order valence-corrected chi connectivity index (χ4v) is 3.63. The van der Waals surface area contributed by atoms with Gasteiger partial charge in [0.15, 0.2) is 5.76 Å². The van der Waals surface area contributed by atoms with Gasteiger partial charge in [-0.3, -0.25) is 0 Å². The second-order valence-electron chi connectivity index (χ2n) is 7.11. The van der Waals surface area contributed by atoms with Crippen LogP contribution in [-0.2, 0) is 11.3 Å². The Kier molecular flexibility index (Phi) is 6.89. The number of hydrogen-bond donors (Lipinski definition) is 1. The smallest absolute Gasteiger partial charge is 0.338 e. The van der Waals surface area contributed by atoms with Crippen molar-refractivity contribution in [1.82, 2.24) is 0 Å². The van der Waals surface area contributed by atoms with E-state index in [9.17, 15) is 4.79 Å². The summed E-state index contributed by atoms with van der Waals surface area (Å²) in [6.07, 6.45) is 9.54. The Morgan fingerprint density at radius 2 is 1.73 bits per heavy atom. The molecule has 3 rings (SSSR count). The van der Waals surface area contributed by atoms with Crippen molar-refractivity contribution in [2.75, 3.05) is 6.61 Å². The van der Waals surface area contributed by atoms with E-state index in [1.54, 1.807) is 12.1 Å². The van der Waals surface area contributed by atoms with Crippen LogP contribution < -0.4 is 5.32 Å². The zero-order chi connectivity index (χ0) is 18.2. The van der Waals surface area contributed by atoms with Crippen molar-refractivity contribution in [3.05, 3.63) is 47.7 Å². The number of hydrogen-bond acceptors (Lipinski definition) is 3. The number of nitrogens with two attached hydrogens (primary N) is 1. The Bertz CT molecular complexity index is 682. The molecule has 0 atom stereocenters. The van der Waals surface area contributed by atoms with Crippen LogP contribution >= 0.6 is 0 Å². The van der Waals surface area contributed by atoms with Gasteiger partial charge in [-0.1, -0.05) is 31.4 Å². The highest BCUT2D eigenvalue weighted by atomic mass is 16.5. The summed E-state index contributed by atoms with van der Waals surface area (Å²) >= 11 is 0. The molecule has 4 heteroatoms. The number of quaternary nitrogens is 1. The Labute approximate surface area is 155 Å². The zero-order valence-electron chi connectivity index (χ0n) is 15.7. The standard InChI is InChI=1S/C22H29NO3/c1-2-25-22(24)18-12-10-17(11-13-18)21-15-14-20(26-21)16-23-19-8-6-4-3-5-7-9-19/h10-15,19,23H,2-9,16H2,1H3/p+1. The van der Waals surface area contributed by atoms with E-state index in [0.29, 0.717) is 12.2 Å². The van der Waals surface area contributed by atoms with E-state index in [1.807, 2.05) is 25.1 Å². The minimum absolute atomic E-state index is 0.284. The number of rotatable bonds is 6. The average molecular weight is 356 g/mol. The largest absolute Gasteiger partial charge is 0.462 e. The quantitative estimate of drug-likeness (QED) is 0.785. The van der Waals surface area contributed by atoms with Gasteiger partial charge >= 0.3 is 5.97 Å². The topological polar surface area (TPSA) is 56.0 Å². The molecule has 1 heterocycles. The highest BCUT2D eigenvalue weighted by molar-refractivity contribution is 5.89. The molecule has 140 valence electrons. The molecule has 2 aromatic rings. The van der Waals surface area contributed by atoms with E-state index in [2.05, 4.69) is 11.4 Å². The lowest BCUT2D eigenvalue weighted by Crippen LogP contribution is -2.88. The van der Waals surface area contributed by atoms with Gasteiger partial charge in [-0.2, -0.15) is 0 Å². The van der Waals surface area contributed by atoms with E-state index in [0.717, 1.165) is 29.7 Å². The van der Waals surface area contributed by atoms with Crippen LogP contribution in [0.1, 0.15) is 68.0 Å². The number of furan rings is 1. The van der Waals surface area contributed by atoms with Crippen LogP contribution in [0.2, 0.25) is 0 Å². The lowest BCUT2D eigenvalue weighted by atomic mass is 9.97. The molecule has 1 aromatic carbocycles. The highest BCUT2D eigenvalue weighted by Gasteiger charge is 2.15. The zero-order valence-corrected chi connectivity index (χ0v) is 15.7. The first kappa shape index (κ1) is 18.7. The van der Waals surface area contributed by atoms with E-state index in [1.165, 1.54) is 44.9 Å². The van der Waals surface area contributed by atoms with Gasteiger partial charge in [0.1, 0.15) is 12.3 Å². The molecule has 26 heavy (non-hydrogen) atoms. The van der Waals surface area contributed by atoms with Crippen molar-refractivity contribution in [3.8, 4) is 11.3 Å². The fraction of sp³-hybridized carbons (Fsp3) is 0.500. The predicted octanol–water partition coefficient (Wildman–Crippen LogP) is 4.30. The number of esters is 1. The van der Waals surface area contributed by atoms with E-state index in [-0.39, 0.29) is 5.97 Å². The van der Waals surface area contributed by atoms with Gasteiger partial charge in [0.2, 0.25) is 0 Å². The van der Waals surface area contributed by atoms with E-state index < -0.39 is 0 Å². The van der Waals surface area contributed by atoms with Crippen LogP contribution in [0, 0.1) is 0 Å². The van der Waals surface area contributed by atoms with Crippen molar-refractivity contribution >= 4 is 5.97 Å². The normalized spacial score (nSPS) is 16.0. The van der Waals surface area contributed by atoms with Gasteiger partial charge in [0.05, 0.1) is 18.2 Å². The number of benzene rings is 1. The molecule has 0 unspecified atom stereocenters. The highest BCUT2D eigenvalue weighted by Crippen LogP contribution is 2.23. The molecule has 0 amide bonds. The van der Waals surface area contributed by atoms with Gasteiger partial charge in [0, 0.05) is 5.56 Å². The fourth-order valence-electron chi connectivity index (χ4n) is 3.63. The SMILES string of the molecule is CCOC(=O)c1ccc(-c2ccc(C[NH2+]C3CCCCCCC3)o2)cc1. The maximum Gasteiger partial charge on any atom is 0.338 e. The molecule has 0 saturated heterocycles. The summed E-state index contributed by atoms with van der Waals surface area (Å²) in [6.45, 7) is 3.09. The van der Waals surface area contributed by atoms with Crippen LogP contribution in [0.4, 0.5) is 0 Å². The van der Waals surface area contributed by atoms with E-state index in [4.69, 9.17) is 9.15 Å². The van der Waals surface area contributed by atoms with Gasteiger partial charge in [-0.05, 0) is 56.9 Å². The monoisotopic (exact) mass is 356 g/mol. The molecule has 0 radical (unpaired) electrons. The lowest BCUT2D eigenvalue weighted by molar-refractivity contribution is -0.707. The van der Waals surface area contributed by atoms with Crippen LogP contribution in [0.15, 0.2) is 40.8 Å². The molecule has 1 aliphatic rings. The summed E-state index contributed by atoms with van der Waals surface area (Å²) in [5.74, 6) is 1.57. The van der Waals surface area contributed by atoms with Gasteiger partial charge in [0.25, 0.3) is 0 Å². The van der Waals surface area contributed by atoms with Gasteiger partial charge < -0.3 is 14.5 Å². The van der Waals surface area contributed by atoms with Crippen LogP contribution in [0.3, 0.4) is 0 Å². The van der Waals surface area contributed by atoms with E-state index >= 15 is 0 Å². The lowest BCUT2D eigenvalue weighted by Gasteiger charge is -2.17. The molecule has 1 fully saturated rings. The third-order valence-corrected chi connectivity index (χ3v) is 5.14. The predicted molar refractivity (Wildman–Crippen MR) is 102 cm³/mol. The van der Waals surface area contributed by atoms with Crippen LogP contribution in [0.5, 0.6) is 0 Å². The Morgan fingerprint density at radius 1 is 1.04 bits per heavy atom. The number of carbonyl (C=O) groups excluding carboxylic acids is 1. The van der Waals surface area contributed by atoms with Gasteiger partial charge in [-0.15, -0.1) is 0 Å². The Balaban J connectivity index is 1.56. The molecule has 1 saturated carbocycles. The molecule has 0 spiro atoms. The second-order valence-corrected chi connectivity index (χ2v) is 7.11. The third kappa shape index (κ3) is 5.21. The van der Waals surface area contributed by atoms with Crippen LogP contribution in [-0.4, -0.2) is 18.6 Å².